The third kappa shape index (κ3) is 1.00. The minimum Gasteiger partial charge on any atom is -0.394 e. The predicted octanol–water partition coefficient (Wildman–Crippen LogP) is -1.55. The molecule has 0 aromatic carbocycles. The molecule has 6 heteroatoms. The number of hydrogen-bond acceptors (Lipinski definition) is 3. The number of fused-ring (bicyclic) bond motifs is 1. The molecule has 0 bridgehead atoms. The van der Waals surface area contributed by atoms with Gasteiger partial charge in [0, 0.05) is 7.05 Å². The minimum absolute atomic E-state index is 0.181. The minimum atomic E-state index is -0.426. The number of rotatable bonds is 1. The van der Waals surface area contributed by atoms with Crippen LogP contribution in [0.5, 0.6) is 0 Å². The van der Waals surface area contributed by atoms with Gasteiger partial charge in [-0.2, -0.15) is 0 Å². The van der Waals surface area contributed by atoms with Crippen molar-refractivity contribution >= 4 is 0 Å². The fraction of sp³-hybridized carbons (Fsp3) is 0.500. The summed E-state index contributed by atoms with van der Waals surface area (Å²) in [6, 6.07) is -0.426. The maximum absolute atomic E-state index is 11.6. The summed E-state index contributed by atoms with van der Waals surface area (Å²) in [4.78, 5) is 23.0. The van der Waals surface area contributed by atoms with Gasteiger partial charge in [-0.25, -0.2) is 23.5 Å². The average molecular weight is 197 g/mol. The molecule has 1 N–H and O–H groups in total. The lowest BCUT2D eigenvalue weighted by atomic mass is 10.2. The van der Waals surface area contributed by atoms with Crippen LogP contribution in [0.3, 0.4) is 0 Å². The van der Waals surface area contributed by atoms with Crippen LogP contribution in [0.4, 0.5) is 0 Å². The Bertz CT molecular complexity index is 491. The lowest BCUT2D eigenvalue weighted by Crippen LogP contribution is -2.33. The van der Waals surface area contributed by atoms with E-state index in [4.69, 9.17) is 5.11 Å². The molecule has 14 heavy (non-hydrogen) atoms. The normalized spacial score (nSPS) is 19.7. The van der Waals surface area contributed by atoms with Crippen molar-refractivity contribution in [2.24, 2.45) is 7.05 Å². The summed E-state index contributed by atoms with van der Waals surface area (Å²) in [7, 11) is 1.43. The van der Waals surface area contributed by atoms with Crippen LogP contribution in [0.1, 0.15) is 6.04 Å². The highest BCUT2D eigenvalue weighted by atomic mass is 16.3. The first-order valence-corrected chi connectivity index (χ1v) is 4.32. The van der Waals surface area contributed by atoms with Gasteiger partial charge < -0.3 is 5.11 Å². The van der Waals surface area contributed by atoms with E-state index in [0.29, 0.717) is 6.54 Å². The molecule has 0 saturated heterocycles. The number of aliphatic hydroxyl groups excluding tert-OH is 1. The van der Waals surface area contributed by atoms with E-state index in [1.54, 1.807) is 12.2 Å². The van der Waals surface area contributed by atoms with Gasteiger partial charge in [0.15, 0.2) is 0 Å². The average Bonchev–Trinajstić information content (AvgIpc) is 2.44. The summed E-state index contributed by atoms with van der Waals surface area (Å²) >= 11 is 0. The fourth-order valence-corrected chi connectivity index (χ4v) is 1.63. The Morgan fingerprint density at radius 1 is 1.50 bits per heavy atom. The zero-order chi connectivity index (χ0) is 10.3. The van der Waals surface area contributed by atoms with E-state index in [9.17, 15) is 9.59 Å². The van der Waals surface area contributed by atoms with Gasteiger partial charge in [0.2, 0.25) is 0 Å². The topological polar surface area (TPSA) is 69.2 Å². The monoisotopic (exact) mass is 197 g/mol. The highest BCUT2D eigenvalue weighted by molar-refractivity contribution is 4.98. The second-order valence-corrected chi connectivity index (χ2v) is 3.23. The quantitative estimate of drug-likeness (QED) is 0.554. The molecule has 0 radical (unpaired) electrons. The van der Waals surface area contributed by atoms with Crippen LogP contribution >= 0.6 is 0 Å². The molecule has 0 fully saturated rings. The van der Waals surface area contributed by atoms with Gasteiger partial charge in [-0.3, -0.25) is 0 Å². The van der Waals surface area contributed by atoms with E-state index in [0.717, 1.165) is 4.57 Å². The third-order valence-corrected chi connectivity index (χ3v) is 2.39. The second kappa shape index (κ2) is 2.98. The van der Waals surface area contributed by atoms with Gasteiger partial charge >= 0.3 is 11.4 Å². The van der Waals surface area contributed by atoms with Gasteiger partial charge in [-0.15, -0.1) is 0 Å². The maximum Gasteiger partial charge on any atom is 0.347 e. The molecule has 0 spiro atoms. The van der Waals surface area contributed by atoms with Crippen LogP contribution in [0.25, 0.3) is 0 Å². The summed E-state index contributed by atoms with van der Waals surface area (Å²) < 4.78 is 3.64. The lowest BCUT2D eigenvalue weighted by Gasteiger charge is -2.18. The number of nitrogens with zero attached hydrogens (tertiary/aromatic N) is 3. The van der Waals surface area contributed by atoms with Crippen molar-refractivity contribution in [3.8, 4) is 0 Å². The molecule has 2 heterocycles. The largest absolute Gasteiger partial charge is 0.394 e. The van der Waals surface area contributed by atoms with E-state index >= 15 is 0 Å². The molecule has 76 valence electrons. The molecule has 0 saturated carbocycles. The van der Waals surface area contributed by atoms with E-state index in [2.05, 4.69) is 0 Å². The summed E-state index contributed by atoms with van der Waals surface area (Å²) in [5.74, 6) is 0. The highest BCUT2D eigenvalue weighted by Gasteiger charge is 2.20. The summed E-state index contributed by atoms with van der Waals surface area (Å²) in [6.45, 7) is 0.200. The van der Waals surface area contributed by atoms with Gasteiger partial charge in [-0.1, -0.05) is 12.2 Å². The van der Waals surface area contributed by atoms with E-state index in [1.165, 1.54) is 16.4 Å². The van der Waals surface area contributed by atoms with Crippen LogP contribution in [0.15, 0.2) is 21.7 Å². The van der Waals surface area contributed by atoms with Crippen LogP contribution in [-0.2, 0) is 13.6 Å². The first-order valence-electron chi connectivity index (χ1n) is 4.32. The zero-order valence-electron chi connectivity index (χ0n) is 7.75. The summed E-state index contributed by atoms with van der Waals surface area (Å²) in [5, 5.41) is 9.03. The first kappa shape index (κ1) is 9.01. The smallest absolute Gasteiger partial charge is 0.347 e. The van der Waals surface area contributed by atoms with Gasteiger partial charge in [0.25, 0.3) is 0 Å². The number of aliphatic hydroxyl groups is 1. The molecule has 2 rings (SSSR count). The second-order valence-electron chi connectivity index (χ2n) is 3.23. The van der Waals surface area contributed by atoms with Gasteiger partial charge in [0.1, 0.15) is 0 Å². The Balaban J connectivity index is 2.74. The van der Waals surface area contributed by atoms with Crippen molar-refractivity contribution in [1.82, 2.24) is 13.9 Å². The van der Waals surface area contributed by atoms with Crippen molar-refractivity contribution in [3.63, 3.8) is 0 Å². The number of allylic oxidation sites excluding steroid dienone is 1. The zero-order valence-corrected chi connectivity index (χ0v) is 7.75. The molecule has 0 amide bonds. The molecule has 0 aliphatic carbocycles. The first-order chi connectivity index (χ1) is 6.66. The van der Waals surface area contributed by atoms with Crippen molar-refractivity contribution in [1.29, 1.82) is 0 Å². The molecule has 1 aliphatic rings. The maximum atomic E-state index is 11.6. The van der Waals surface area contributed by atoms with Gasteiger partial charge in [-0.05, 0) is 0 Å². The molecule has 1 aromatic heterocycles. The third-order valence-electron chi connectivity index (χ3n) is 2.39. The Hall–Kier alpha value is -1.56. The van der Waals surface area contributed by atoms with Crippen LogP contribution in [-0.4, -0.2) is 25.6 Å². The lowest BCUT2D eigenvalue weighted by molar-refractivity contribution is 0.223. The Kier molecular flexibility index (Phi) is 1.92. The molecule has 0 unspecified atom stereocenters. The number of aromatic nitrogens is 3. The molecule has 1 aliphatic heterocycles. The molecular weight excluding hydrogens is 186 g/mol. The van der Waals surface area contributed by atoms with Crippen LogP contribution in [0, 0.1) is 0 Å². The standard InChI is InChI=1S/C8H11N3O3/c1-9-7(13)10-4-2-3-6(5-12)11(10)8(9)14/h2-3,6,12H,4-5H2,1H3/t6-/m1/s1. The van der Waals surface area contributed by atoms with Gasteiger partial charge in [0.05, 0.1) is 19.2 Å². The summed E-state index contributed by atoms with van der Waals surface area (Å²) in [5.41, 5.74) is -0.740. The van der Waals surface area contributed by atoms with E-state index < -0.39 is 11.7 Å². The van der Waals surface area contributed by atoms with E-state index in [1.807, 2.05) is 0 Å². The fourth-order valence-electron chi connectivity index (χ4n) is 1.63. The highest BCUT2D eigenvalue weighted by Crippen LogP contribution is 2.07. The van der Waals surface area contributed by atoms with Crippen molar-refractivity contribution in [3.05, 3.63) is 33.1 Å². The predicted molar refractivity (Wildman–Crippen MR) is 49.2 cm³/mol. The van der Waals surface area contributed by atoms with E-state index in [-0.39, 0.29) is 12.3 Å². The van der Waals surface area contributed by atoms with Crippen LogP contribution in [0.2, 0.25) is 0 Å². The van der Waals surface area contributed by atoms with Crippen molar-refractivity contribution in [2.45, 2.75) is 12.6 Å². The molecule has 6 nitrogen and oxygen atoms in total. The molecular formula is C8H11N3O3. The summed E-state index contributed by atoms with van der Waals surface area (Å²) in [6.07, 6.45) is 3.49. The molecule has 1 aromatic rings. The Morgan fingerprint density at radius 3 is 2.86 bits per heavy atom. The molecule has 1 atom stereocenters. The van der Waals surface area contributed by atoms with Crippen molar-refractivity contribution in [2.75, 3.05) is 6.61 Å². The SMILES string of the molecule is Cn1c(=O)n2n(c1=O)[C@@H](CO)C=CC2. The Labute approximate surface area is 79.3 Å². The number of hydrogen-bond donors (Lipinski definition) is 1. The van der Waals surface area contributed by atoms with Crippen LogP contribution < -0.4 is 11.4 Å². The van der Waals surface area contributed by atoms with Crippen molar-refractivity contribution < 1.29 is 5.11 Å². The Morgan fingerprint density at radius 2 is 2.21 bits per heavy atom.